The zero-order valence-corrected chi connectivity index (χ0v) is 16.7. The molecule has 0 aliphatic rings. The minimum Gasteiger partial charge on any atom is -0.497 e. The van der Waals surface area contributed by atoms with Gasteiger partial charge in [-0.05, 0) is 54.6 Å². The van der Waals surface area contributed by atoms with E-state index in [1.807, 2.05) is 48.5 Å². The lowest BCUT2D eigenvalue weighted by molar-refractivity contribution is 0.101. The highest BCUT2D eigenvalue weighted by molar-refractivity contribution is 7.98. The molecule has 0 fully saturated rings. The third kappa shape index (κ3) is 3.79. The summed E-state index contributed by atoms with van der Waals surface area (Å²) in [5.74, 6) is 1.68. The van der Waals surface area contributed by atoms with Gasteiger partial charge in [0.05, 0.1) is 7.11 Å². The van der Waals surface area contributed by atoms with Gasteiger partial charge in [0.2, 0.25) is 5.78 Å². The van der Waals surface area contributed by atoms with Crippen molar-refractivity contribution in [1.82, 2.24) is 0 Å². The van der Waals surface area contributed by atoms with Gasteiger partial charge in [0, 0.05) is 32.2 Å². The molecule has 0 radical (unpaired) electrons. The third-order valence-electron chi connectivity index (χ3n) is 4.45. The zero-order chi connectivity index (χ0) is 19.5. The molecule has 3 aromatic carbocycles. The van der Waals surface area contributed by atoms with Crippen molar-refractivity contribution < 1.29 is 13.9 Å². The van der Waals surface area contributed by atoms with E-state index >= 15 is 0 Å². The third-order valence-corrected chi connectivity index (χ3v) is 5.74. The molecule has 28 heavy (non-hydrogen) atoms. The van der Waals surface area contributed by atoms with Crippen molar-refractivity contribution in [3.05, 3.63) is 94.7 Å². The Morgan fingerprint density at radius 2 is 1.71 bits per heavy atom. The number of rotatable bonds is 6. The normalized spacial score (nSPS) is 10.9. The summed E-state index contributed by atoms with van der Waals surface area (Å²) in [5, 5.41) is 1.55. The van der Waals surface area contributed by atoms with E-state index < -0.39 is 0 Å². The van der Waals surface area contributed by atoms with Gasteiger partial charge in [-0.25, -0.2) is 0 Å². The summed E-state index contributed by atoms with van der Waals surface area (Å²) in [7, 11) is 1.65. The SMILES string of the molecule is COc1ccc(SCc2c(C(=O)c3ccc(Cl)cc3)oc3ccccc23)cc1. The van der Waals surface area contributed by atoms with Crippen molar-refractivity contribution in [1.29, 1.82) is 0 Å². The molecule has 0 bridgehead atoms. The fraction of sp³-hybridized carbons (Fsp3) is 0.0870. The Kier molecular flexibility index (Phi) is 5.42. The topological polar surface area (TPSA) is 39.4 Å². The summed E-state index contributed by atoms with van der Waals surface area (Å²) in [5.41, 5.74) is 2.17. The number of methoxy groups -OCH3 is 1. The van der Waals surface area contributed by atoms with Crippen molar-refractivity contribution in [2.24, 2.45) is 0 Å². The minimum absolute atomic E-state index is 0.141. The van der Waals surface area contributed by atoms with Gasteiger partial charge in [0.15, 0.2) is 5.76 Å². The van der Waals surface area contributed by atoms with Crippen LogP contribution in [-0.4, -0.2) is 12.9 Å². The van der Waals surface area contributed by atoms with Crippen LogP contribution in [-0.2, 0) is 5.75 Å². The number of hydrogen-bond donors (Lipinski definition) is 0. The first-order valence-electron chi connectivity index (χ1n) is 8.73. The summed E-state index contributed by atoms with van der Waals surface area (Å²) in [4.78, 5) is 14.2. The molecule has 0 unspecified atom stereocenters. The Labute approximate surface area is 172 Å². The van der Waals surface area contributed by atoms with Crippen molar-refractivity contribution in [2.75, 3.05) is 7.11 Å². The van der Waals surface area contributed by atoms with E-state index in [-0.39, 0.29) is 5.78 Å². The van der Waals surface area contributed by atoms with E-state index in [0.29, 0.717) is 27.7 Å². The second-order valence-electron chi connectivity index (χ2n) is 6.21. The summed E-state index contributed by atoms with van der Waals surface area (Å²) in [6, 6.07) is 22.5. The lowest BCUT2D eigenvalue weighted by atomic mass is 10.0. The predicted octanol–water partition coefficient (Wildman–Crippen LogP) is 6.62. The second kappa shape index (κ2) is 8.13. The number of halogens is 1. The number of benzene rings is 3. The van der Waals surface area contributed by atoms with E-state index in [4.69, 9.17) is 20.8 Å². The van der Waals surface area contributed by atoms with Gasteiger partial charge in [-0.1, -0.05) is 29.8 Å². The van der Waals surface area contributed by atoms with E-state index in [1.54, 1.807) is 43.1 Å². The van der Waals surface area contributed by atoms with Gasteiger partial charge in [-0.3, -0.25) is 4.79 Å². The van der Waals surface area contributed by atoms with Crippen LogP contribution < -0.4 is 4.74 Å². The quantitative estimate of drug-likeness (QED) is 0.265. The highest BCUT2D eigenvalue weighted by Gasteiger charge is 2.21. The molecule has 0 N–H and O–H groups in total. The molecule has 4 rings (SSSR count). The van der Waals surface area contributed by atoms with Crippen molar-refractivity contribution in [3.8, 4) is 5.75 Å². The Morgan fingerprint density at radius 1 is 1.00 bits per heavy atom. The van der Waals surface area contributed by atoms with Crippen LogP contribution >= 0.6 is 23.4 Å². The molecule has 1 aromatic heterocycles. The second-order valence-corrected chi connectivity index (χ2v) is 7.69. The van der Waals surface area contributed by atoms with Gasteiger partial charge in [-0.2, -0.15) is 0 Å². The molecule has 0 saturated heterocycles. The molecule has 3 nitrogen and oxygen atoms in total. The number of carbonyl (C=O) groups is 1. The molecular weight excluding hydrogens is 392 g/mol. The van der Waals surface area contributed by atoms with Gasteiger partial charge < -0.3 is 9.15 Å². The molecule has 0 aliphatic carbocycles. The largest absolute Gasteiger partial charge is 0.497 e. The predicted molar refractivity (Wildman–Crippen MR) is 114 cm³/mol. The van der Waals surface area contributed by atoms with Crippen LogP contribution in [0.5, 0.6) is 5.75 Å². The molecule has 4 aromatic rings. The van der Waals surface area contributed by atoms with Gasteiger partial charge in [0.25, 0.3) is 0 Å². The smallest absolute Gasteiger partial charge is 0.228 e. The van der Waals surface area contributed by atoms with Crippen molar-refractivity contribution in [2.45, 2.75) is 10.6 Å². The van der Waals surface area contributed by atoms with Crippen LogP contribution in [0.2, 0.25) is 5.02 Å². The number of carbonyl (C=O) groups excluding carboxylic acids is 1. The van der Waals surface area contributed by atoms with Gasteiger partial charge >= 0.3 is 0 Å². The minimum atomic E-state index is -0.141. The molecule has 5 heteroatoms. The first-order chi connectivity index (χ1) is 13.7. The van der Waals surface area contributed by atoms with Gasteiger partial charge in [0.1, 0.15) is 11.3 Å². The zero-order valence-electron chi connectivity index (χ0n) is 15.1. The molecule has 0 atom stereocenters. The molecule has 0 aliphatic heterocycles. The van der Waals surface area contributed by atoms with E-state index in [1.165, 1.54) is 0 Å². The average molecular weight is 409 g/mol. The van der Waals surface area contributed by atoms with E-state index in [2.05, 4.69) is 0 Å². The van der Waals surface area contributed by atoms with Crippen LogP contribution in [0.15, 0.2) is 82.1 Å². The maximum absolute atomic E-state index is 13.1. The molecule has 0 saturated carbocycles. The number of furan rings is 1. The first kappa shape index (κ1) is 18.7. The maximum Gasteiger partial charge on any atom is 0.228 e. The number of para-hydroxylation sites is 1. The van der Waals surface area contributed by atoms with Crippen LogP contribution in [0.25, 0.3) is 11.0 Å². The standard InChI is InChI=1S/C23H17ClO3S/c1-26-17-10-12-18(13-11-17)28-14-20-19-4-2-3-5-21(19)27-23(20)22(25)15-6-8-16(24)9-7-15/h2-13H,14H2,1H3. The lowest BCUT2D eigenvalue weighted by Crippen LogP contribution is -2.02. The molecule has 1 heterocycles. The van der Waals surface area contributed by atoms with Crippen LogP contribution in [0, 0.1) is 0 Å². The van der Waals surface area contributed by atoms with Crippen molar-refractivity contribution >= 4 is 40.1 Å². The molecule has 0 spiro atoms. The lowest BCUT2D eigenvalue weighted by Gasteiger charge is -2.05. The van der Waals surface area contributed by atoms with Crippen molar-refractivity contribution in [3.63, 3.8) is 0 Å². The molecule has 140 valence electrons. The highest BCUT2D eigenvalue weighted by atomic mass is 35.5. The number of thioether (sulfide) groups is 1. The summed E-state index contributed by atoms with van der Waals surface area (Å²) in [6.45, 7) is 0. The van der Waals surface area contributed by atoms with Crippen LogP contribution in [0.4, 0.5) is 0 Å². The maximum atomic E-state index is 13.1. The summed E-state index contributed by atoms with van der Waals surface area (Å²) < 4.78 is 11.2. The fourth-order valence-electron chi connectivity index (χ4n) is 2.99. The average Bonchev–Trinajstić information content (AvgIpc) is 3.11. The van der Waals surface area contributed by atoms with Crippen LogP contribution in [0.3, 0.4) is 0 Å². The highest BCUT2D eigenvalue weighted by Crippen LogP contribution is 2.33. The molecular formula is C23H17ClO3S. The number of fused-ring (bicyclic) bond motifs is 1. The summed E-state index contributed by atoms with van der Waals surface area (Å²) >= 11 is 7.60. The number of hydrogen-bond acceptors (Lipinski definition) is 4. The van der Waals surface area contributed by atoms with Crippen LogP contribution in [0.1, 0.15) is 21.7 Å². The number of ketones is 1. The Hall–Kier alpha value is -2.69. The van der Waals surface area contributed by atoms with E-state index in [9.17, 15) is 4.79 Å². The first-order valence-corrected chi connectivity index (χ1v) is 10.1. The van der Waals surface area contributed by atoms with E-state index in [0.717, 1.165) is 21.6 Å². The van der Waals surface area contributed by atoms with Gasteiger partial charge in [-0.15, -0.1) is 11.8 Å². The number of ether oxygens (including phenoxy) is 1. The summed E-state index contributed by atoms with van der Waals surface area (Å²) in [6.07, 6.45) is 0. The monoisotopic (exact) mass is 408 g/mol. The fourth-order valence-corrected chi connectivity index (χ4v) is 4.04. The Balaban J connectivity index is 1.68. The Morgan fingerprint density at radius 3 is 2.43 bits per heavy atom. The molecule has 0 amide bonds. The Bertz CT molecular complexity index is 1120.